The molecule has 5 saturated carbocycles. The number of rotatable bonds is 6. The molecular formula is C39H66O3. The van der Waals surface area contributed by atoms with Gasteiger partial charge in [-0.25, -0.2) is 0 Å². The van der Waals surface area contributed by atoms with E-state index in [9.17, 15) is 0 Å². The maximum Gasteiger partial charge on any atom is 0.175 e. The third kappa shape index (κ3) is 4.49. The first kappa shape index (κ1) is 30.5. The molecule has 0 amide bonds. The van der Waals surface area contributed by atoms with Gasteiger partial charge < -0.3 is 14.2 Å². The van der Waals surface area contributed by atoms with Crippen LogP contribution in [0.2, 0.25) is 0 Å². The van der Waals surface area contributed by atoms with Crippen molar-refractivity contribution in [3.63, 3.8) is 0 Å². The first-order valence-electron chi connectivity index (χ1n) is 19.2. The van der Waals surface area contributed by atoms with Gasteiger partial charge in [0.05, 0.1) is 24.4 Å². The van der Waals surface area contributed by atoms with E-state index >= 15 is 0 Å². The highest BCUT2D eigenvalue weighted by Gasteiger charge is 2.71. The van der Waals surface area contributed by atoms with Crippen LogP contribution in [0.3, 0.4) is 0 Å². The van der Waals surface area contributed by atoms with E-state index in [2.05, 4.69) is 48.5 Å². The predicted octanol–water partition coefficient (Wildman–Crippen LogP) is 10.2. The second-order valence-electron chi connectivity index (χ2n) is 17.5. The van der Waals surface area contributed by atoms with Crippen LogP contribution in [0.15, 0.2) is 0 Å². The van der Waals surface area contributed by atoms with Crippen molar-refractivity contribution in [3.8, 4) is 0 Å². The average molecular weight is 583 g/mol. The highest BCUT2D eigenvalue weighted by molar-refractivity contribution is 5.16. The van der Waals surface area contributed by atoms with Crippen molar-refractivity contribution in [1.82, 2.24) is 0 Å². The summed E-state index contributed by atoms with van der Waals surface area (Å²) in [4.78, 5) is 0. The molecule has 1 spiro atoms. The van der Waals surface area contributed by atoms with Gasteiger partial charge in [0.25, 0.3) is 0 Å². The largest absolute Gasteiger partial charge is 0.374 e. The van der Waals surface area contributed by atoms with Crippen LogP contribution in [0.5, 0.6) is 0 Å². The molecule has 42 heavy (non-hydrogen) atoms. The summed E-state index contributed by atoms with van der Waals surface area (Å²) in [5, 5.41) is 0. The molecule has 2 heterocycles. The van der Waals surface area contributed by atoms with Crippen LogP contribution in [0, 0.1) is 64.1 Å². The summed E-state index contributed by atoms with van der Waals surface area (Å²) in [7, 11) is 0. The molecule has 13 atom stereocenters. The van der Waals surface area contributed by atoms with Crippen molar-refractivity contribution in [1.29, 1.82) is 0 Å². The Morgan fingerprint density at radius 2 is 1.21 bits per heavy atom. The molecule has 0 aromatic rings. The number of fused-ring (bicyclic) bond motifs is 11. The molecule has 0 N–H and O–H groups in total. The van der Waals surface area contributed by atoms with Crippen molar-refractivity contribution in [3.05, 3.63) is 0 Å². The zero-order valence-electron chi connectivity index (χ0n) is 28.5. The van der Waals surface area contributed by atoms with E-state index in [0.717, 1.165) is 47.8 Å². The zero-order valence-corrected chi connectivity index (χ0v) is 28.5. The second kappa shape index (κ2) is 11.3. The normalized spacial score (nSPS) is 50.5. The minimum Gasteiger partial charge on any atom is -0.374 e. The van der Waals surface area contributed by atoms with Crippen LogP contribution in [-0.2, 0) is 14.2 Å². The molecular weight excluding hydrogens is 516 g/mol. The second-order valence-corrected chi connectivity index (χ2v) is 17.5. The Kier molecular flexibility index (Phi) is 8.21. The van der Waals surface area contributed by atoms with Crippen molar-refractivity contribution in [2.45, 2.75) is 181 Å². The van der Waals surface area contributed by atoms with Crippen LogP contribution in [-0.4, -0.2) is 30.2 Å². The monoisotopic (exact) mass is 583 g/mol. The first-order chi connectivity index (χ1) is 20.2. The molecule has 3 nitrogen and oxygen atoms in total. The van der Waals surface area contributed by atoms with Crippen molar-refractivity contribution >= 4 is 0 Å². The van der Waals surface area contributed by atoms with Gasteiger partial charge >= 0.3 is 0 Å². The number of hydrogen-bond acceptors (Lipinski definition) is 3. The van der Waals surface area contributed by atoms with E-state index in [1.165, 1.54) is 96.3 Å². The molecule has 5 aliphatic carbocycles. The minimum absolute atomic E-state index is 0.216. The zero-order chi connectivity index (χ0) is 29.4. The first-order valence-corrected chi connectivity index (χ1v) is 19.2. The van der Waals surface area contributed by atoms with Crippen molar-refractivity contribution in [2.75, 3.05) is 0 Å². The van der Waals surface area contributed by atoms with Crippen LogP contribution in [0.25, 0.3) is 0 Å². The molecule has 0 radical (unpaired) electrons. The van der Waals surface area contributed by atoms with Gasteiger partial charge in [0.15, 0.2) is 5.79 Å². The van der Waals surface area contributed by atoms with Crippen LogP contribution >= 0.6 is 0 Å². The molecule has 0 bridgehead atoms. The predicted molar refractivity (Wildman–Crippen MR) is 171 cm³/mol. The molecule has 2 saturated heterocycles. The number of ether oxygens (including phenoxy) is 3. The van der Waals surface area contributed by atoms with E-state index in [0.29, 0.717) is 36.3 Å². The molecule has 13 unspecified atom stereocenters. The van der Waals surface area contributed by atoms with Gasteiger partial charge in [-0.2, -0.15) is 0 Å². The van der Waals surface area contributed by atoms with Crippen LogP contribution in [0.4, 0.5) is 0 Å². The lowest BCUT2D eigenvalue weighted by Gasteiger charge is -2.57. The Morgan fingerprint density at radius 3 is 1.88 bits per heavy atom. The summed E-state index contributed by atoms with van der Waals surface area (Å²) >= 11 is 0. The maximum absolute atomic E-state index is 7.78. The molecule has 7 fully saturated rings. The SMILES string of the molecule is CCC(C)(CC)C1CC(C(C)(CC)CC)OC2(O1)C1CCCCC1C1C3C(CCC12)OC1CCC2CC(C)CCC2C13. The van der Waals surface area contributed by atoms with Gasteiger partial charge in [-0.3, -0.25) is 0 Å². The van der Waals surface area contributed by atoms with E-state index in [4.69, 9.17) is 14.2 Å². The Bertz CT molecular complexity index is 925. The lowest BCUT2D eigenvalue weighted by molar-refractivity contribution is -0.384. The molecule has 2 aliphatic heterocycles. The van der Waals surface area contributed by atoms with E-state index in [1.54, 1.807) is 0 Å². The van der Waals surface area contributed by atoms with Crippen LogP contribution in [0.1, 0.15) is 151 Å². The summed E-state index contributed by atoms with van der Waals surface area (Å²) in [6.07, 6.45) is 22.6. The molecule has 7 rings (SSSR count). The lowest BCUT2D eigenvalue weighted by Crippen LogP contribution is -2.61. The molecule has 3 heteroatoms. The third-order valence-electron chi connectivity index (χ3n) is 16.2. The van der Waals surface area contributed by atoms with E-state index in [-0.39, 0.29) is 16.6 Å². The van der Waals surface area contributed by atoms with Gasteiger partial charge in [-0.05, 0) is 129 Å². The smallest absolute Gasteiger partial charge is 0.175 e. The lowest BCUT2D eigenvalue weighted by atomic mass is 9.54. The number of hydrogen-bond donors (Lipinski definition) is 0. The molecule has 0 aromatic heterocycles. The van der Waals surface area contributed by atoms with E-state index < -0.39 is 0 Å². The highest BCUT2D eigenvalue weighted by Crippen LogP contribution is 2.69. The summed E-state index contributed by atoms with van der Waals surface area (Å²) < 4.78 is 22.7. The third-order valence-corrected chi connectivity index (χ3v) is 16.2. The van der Waals surface area contributed by atoms with Crippen LogP contribution < -0.4 is 0 Å². The molecule has 7 aliphatic rings. The summed E-state index contributed by atoms with van der Waals surface area (Å²) in [6.45, 7) is 17.2. The fraction of sp³-hybridized carbons (Fsp3) is 1.00. The topological polar surface area (TPSA) is 27.7 Å². The van der Waals surface area contributed by atoms with Crippen molar-refractivity contribution in [2.24, 2.45) is 64.1 Å². The van der Waals surface area contributed by atoms with Gasteiger partial charge in [0.1, 0.15) is 0 Å². The van der Waals surface area contributed by atoms with Gasteiger partial charge in [0.2, 0.25) is 0 Å². The summed E-state index contributed by atoms with van der Waals surface area (Å²) in [5.74, 6) is 6.60. The average Bonchev–Trinajstić information content (AvgIpc) is 3.53. The van der Waals surface area contributed by atoms with Gasteiger partial charge in [-0.1, -0.05) is 67.7 Å². The van der Waals surface area contributed by atoms with E-state index in [1.807, 2.05) is 0 Å². The molecule has 0 aromatic carbocycles. The molecule has 240 valence electrons. The van der Waals surface area contributed by atoms with Gasteiger partial charge in [0, 0.05) is 18.3 Å². The Hall–Kier alpha value is -0.120. The Morgan fingerprint density at radius 1 is 0.595 bits per heavy atom. The van der Waals surface area contributed by atoms with Gasteiger partial charge in [-0.15, -0.1) is 0 Å². The summed E-state index contributed by atoms with van der Waals surface area (Å²) in [6, 6.07) is 0. The maximum atomic E-state index is 7.78. The fourth-order valence-electron chi connectivity index (χ4n) is 12.9. The Balaban J connectivity index is 1.29. The quantitative estimate of drug-likeness (QED) is 0.312. The summed E-state index contributed by atoms with van der Waals surface area (Å²) in [5.41, 5.74) is 0.432. The standard InChI is InChI=1S/C39H66O3/c1-8-37(6,9-2)32-23-33(38(7,10-3)11-4)42-39(41-32)28-15-13-12-14-27(28)34-29(39)19-21-31-36(34)35-26-18-16-24(5)22-25(26)17-20-30(35)40-31/h24-36H,8-23H2,1-7H3. The fourth-order valence-corrected chi connectivity index (χ4v) is 12.9. The Labute approximate surface area is 259 Å². The highest BCUT2D eigenvalue weighted by atomic mass is 16.7. The van der Waals surface area contributed by atoms with Crippen molar-refractivity contribution < 1.29 is 14.2 Å². The minimum atomic E-state index is -0.376.